The number of esters is 1. The number of carboxylic acids is 2. The van der Waals surface area contributed by atoms with E-state index in [0.29, 0.717) is 188 Å². The summed E-state index contributed by atoms with van der Waals surface area (Å²) in [5.74, 6) is -10.6. The number of amides is 8. The molecular formula is C95H151N10O32S2+. The Balaban J connectivity index is 0.996. The van der Waals surface area contributed by atoms with Crippen molar-refractivity contribution in [1.82, 2.24) is 36.1 Å². The van der Waals surface area contributed by atoms with E-state index in [1.54, 1.807) is 38.3 Å². The van der Waals surface area contributed by atoms with Crippen LogP contribution in [-0.4, -0.2) is 388 Å². The molecule has 5 unspecified atom stereocenters. The number of aromatic nitrogens is 1. The molecule has 16 atom stereocenters. The molecule has 42 nitrogen and oxygen atoms in total. The number of carbonyl (C=O) groups excluding carboxylic acids is 10. The number of nitrogens with one attached hydrogen (secondary N) is 5. The summed E-state index contributed by atoms with van der Waals surface area (Å²) in [5.41, 5.74) is 7.43. The van der Waals surface area contributed by atoms with Crippen molar-refractivity contribution in [3.05, 3.63) is 75.7 Å². The summed E-state index contributed by atoms with van der Waals surface area (Å²) >= 11 is 2.23. The Morgan fingerprint density at radius 3 is 1.76 bits per heavy atom. The van der Waals surface area contributed by atoms with Crippen LogP contribution in [0.2, 0.25) is 0 Å². The number of unbranched alkanes of at least 4 members (excludes halogenated alkanes) is 1. The van der Waals surface area contributed by atoms with Crippen LogP contribution < -0.4 is 37.1 Å². The number of Topliss-reactive ketones (excluding diaryl/α,β-unsaturated/α-hetero) is 1. The first-order chi connectivity index (χ1) is 66.7. The van der Waals surface area contributed by atoms with Gasteiger partial charge in [-0.05, 0) is 86.8 Å². The van der Waals surface area contributed by atoms with E-state index in [1.165, 1.54) is 24.4 Å². The van der Waals surface area contributed by atoms with Crippen LogP contribution in [0.3, 0.4) is 0 Å². The van der Waals surface area contributed by atoms with E-state index in [9.17, 15) is 73.5 Å². The third-order valence-corrected chi connectivity index (χ3v) is 25.9. The van der Waals surface area contributed by atoms with E-state index in [2.05, 4.69) is 31.6 Å². The van der Waals surface area contributed by atoms with E-state index >= 15 is 9.59 Å². The van der Waals surface area contributed by atoms with E-state index in [1.807, 2.05) is 65.1 Å². The summed E-state index contributed by atoms with van der Waals surface area (Å²) in [4.78, 5) is 171. The second-order valence-electron chi connectivity index (χ2n) is 35.0. The molecule has 139 heavy (non-hydrogen) atoms. The van der Waals surface area contributed by atoms with Gasteiger partial charge >= 0.3 is 17.9 Å². The van der Waals surface area contributed by atoms with Crippen molar-refractivity contribution < 1.29 is 159 Å². The van der Waals surface area contributed by atoms with Gasteiger partial charge < -0.3 is 138 Å². The molecule has 2 aromatic carbocycles. The minimum Gasteiger partial charge on any atom is -0.481 e. The van der Waals surface area contributed by atoms with Crippen LogP contribution in [0.1, 0.15) is 158 Å². The number of hydrogen-bond donors (Lipinski definition) is 11. The number of hydrogen-bond acceptors (Lipinski definition) is 34. The quantitative estimate of drug-likeness (QED) is 0.0167. The molecule has 1 aromatic heterocycles. The standard InChI is InChI=1S/C95H150N10O32S2/c1-11-63(4)69(91(117)103(7)73(62(2)3)57-78(135-65(6)106)90-102-72(61-139-90)88(115)99-68(53-64(5)93(119)120)54-66-19-13-12-14-20-66)56-76(107)75-22-16-18-29-105(75,8)60-67-23-24-77(136-95-85(113)83(111)84(112)86(137-95)94(121)122)71(55-67)100-81(109)25-28-98-87(114)70(101-89(116)74(59-96)104-82(110)58-79(138-10)92(104)118)21-15-17-27-97-80(108)26-30-124-33-34-126-37-38-128-41-42-130-45-46-132-49-50-134-52-51-133-48-47-131-44-43-129-40-39-127-36-35-125-32-31-123-9/h12-14,19-20,23-24,55,61-64,68-70,73-75,78-79,83-86,95,111-113H,11,15-18,21-22,25-54,56-60,96H2,1-10H3,(H6-,97,98,99,100,101,108,109,114,115,116,119,120,121,122)/p+1/t63-,64-,68+,69-,70?,73+,74?,75+,78+,79?,83-,84-,85+,86-,95?,105?/m0/s1. The Kier molecular flexibility index (Phi) is 57.0. The number of methoxy groups -OCH3 is 1. The Morgan fingerprint density at radius 2 is 1.24 bits per heavy atom. The van der Waals surface area contributed by atoms with Gasteiger partial charge in [0.25, 0.3) is 5.91 Å². The number of carboxylic acid groups (broad SMARTS) is 2. The zero-order chi connectivity index (χ0) is 102. The SMILES string of the molecule is CC[C@H](C)[C@H](CC(=O)[C@H]1CCCC[N+]1(C)Cc1ccc(OC2O[C@H](C(=O)O)[C@@H](O)[C@H](O)[C@H]2O)c(NC(=O)CCNC(=O)C(CCCCNC(=O)CCOCCOCCOCCOCCOCCOCCOCCOCCOCCOCCOCCOC)NC(=O)C(CN)N2C(=O)CC(SC)C2=O)c1)C(=O)N(C)[C@H](C[C@@H](OC(C)=O)c1nc(C(=O)N[C@@H](Cc2ccccc2)C[C@H](C)C(=O)O)cs1)C(C)C. The highest BCUT2D eigenvalue weighted by molar-refractivity contribution is 8.00. The van der Waals surface area contributed by atoms with Crippen molar-refractivity contribution >= 4 is 99.7 Å². The van der Waals surface area contributed by atoms with Gasteiger partial charge in [-0.1, -0.05) is 71.4 Å². The Hall–Kier alpha value is -8.46. The van der Waals surface area contributed by atoms with Crippen molar-refractivity contribution in [3.8, 4) is 5.75 Å². The minimum atomic E-state index is -2.07. The molecular weight excluding hydrogens is 1860 g/mol. The molecule has 0 spiro atoms. The molecule has 0 saturated carbocycles. The number of anilines is 1. The number of quaternary nitrogens is 1. The third kappa shape index (κ3) is 42.9. The maximum atomic E-state index is 15.3. The molecule has 44 heteroatoms. The lowest BCUT2D eigenvalue weighted by Gasteiger charge is -2.45. The number of likely N-dealkylation sites (N-methyl/N-ethyl adjacent to an activating group) is 1. The normalized spacial score (nSPS) is 20.0. The van der Waals surface area contributed by atoms with Gasteiger partial charge in [-0.15, -0.1) is 11.3 Å². The van der Waals surface area contributed by atoms with Crippen LogP contribution in [0, 0.1) is 23.7 Å². The van der Waals surface area contributed by atoms with Crippen LogP contribution in [0.25, 0.3) is 0 Å². The molecule has 0 aliphatic carbocycles. The number of nitrogens with zero attached hydrogens (tertiary/aromatic N) is 4. The Bertz CT molecular complexity index is 4190. The van der Waals surface area contributed by atoms with Crippen LogP contribution in [0.15, 0.2) is 53.9 Å². The smallest absolute Gasteiger partial charge is 0.335 e. The molecule has 12 N–H and O–H groups in total. The number of aliphatic hydroxyl groups excluding tert-OH is 3. The van der Waals surface area contributed by atoms with E-state index < -0.39 is 150 Å². The summed E-state index contributed by atoms with van der Waals surface area (Å²) in [6.45, 7) is 19.8. The van der Waals surface area contributed by atoms with Crippen LogP contribution >= 0.6 is 23.1 Å². The number of imide groups is 1. The van der Waals surface area contributed by atoms with Gasteiger partial charge in [0.15, 0.2) is 18.0 Å². The van der Waals surface area contributed by atoms with Gasteiger partial charge in [-0.3, -0.25) is 57.6 Å². The van der Waals surface area contributed by atoms with Gasteiger partial charge in [0.1, 0.15) is 59.4 Å². The number of benzene rings is 2. The number of likely N-dealkylation sites (tertiary alicyclic amines) is 2. The summed E-state index contributed by atoms with van der Waals surface area (Å²) in [6.07, 6.45) is -6.78. The fourth-order valence-electron chi connectivity index (χ4n) is 16.1. The van der Waals surface area contributed by atoms with Gasteiger partial charge in [0.05, 0.1) is 182 Å². The van der Waals surface area contributed by atoms with Crippen LogP contribution in [-0.2, 0) is 132 Å². The monoisotopic (exact) mass is 2010 g/mol. The minimum absolute atomic E-state index is 0.0293. The average Bonchev–Trinajstić information content (AvgIpc) is 1.63. The average molecular weight is 2010 g/mol. The number of aliphatic carboxylic acids is 2. The number of piperidine rings is 1. The summed E-state index contributed by atoms with van der Waals surface area (Å²) in [7, 11) is 5.20. The summed E-state index contributed by atoms with van der Waals surface area (Å²) < 4.78 is 83.1. The van der Waals surface area contributed by atoms with Crippen molar-refractivity contribution in [3.63, 3.8) is 0 Å². The van der Waals surface area contributed by atoms with Gasteiger partial charge in [-0.25, -0.2) is 9.78 Å². The molecule has 3 saturated heterocycles. The molecule has 4 heterocycles. The number of thioether (sulfide) groups is 1. The predicted octanol–water partition coefficient (Wildman–Crippen LogP) is 3.42. The lowest BCUT2D eigenvalue weighted by Crippen LogP contribution is -2.61. The number of rotatable bonds is 75. The largest absolute Gasteiger partial charge is 0.481 e. The lowest BCUT2D eigenvalue weighted by molar-refractivity contribution is -0.941. The number of carbonyl (C=O) groups is 12. The first-order valence-electron chi connectivity index (χ1n) is 47.9. The highest BCUT2D eigenvalue weighted by Crippen LogP contribution is 2.38. The number of ether oxygens (including phenoxy) is 15. The zero-order valence-corrected chi connectivity index (χ0v) is 83.7. The van der Waals surface area contributed by atoms with Crippen LogP contribution in [0.5, 0.6) is 5.75 Å². The van der Waals surface area contributed by atoms with Gasteiger partial charge in [0, 0.05) is 108 Å². The van der Waals surface area contributed by atoms with Gasteiger partial charge in [-0.2, -0.15) is 11.8 Å². The van der Waals surface area contributed by atoms with Crippen molar-refractivity contribution in [2.45, 2.75) is 210 Å². The highest BCUT2D eigenvalue weighted by atomic mass is 32.2. The molecule has 0 radical (unpaired) electrons. The number of thiazole rings is 1. The van der Waals surface area contributed by atoms with E-state index in [-0.39, 0.29) is 135 Å². The fraction of sp³-hybridized carbons (Fsp3) is 0.716. The maximum absolute atomic E-state index is 15.3. The molecule has 3 aromatic rings. The van der Waals surface area contributed by atoms with Crippen molar-refractivity contribution in [2.75, 3.05) is 211 Å². The predicted molar refractivity (Wildman–Crippen MR) is 509 cm³/mol. The molecule has 6 rings (SSSR count). The molecule has 3 aliphatic heterocycles. The zero-order valence-electron chi connectivity index (χ0n) is 82.1. The summed E-state index contributed by atoms with van der Waals surface area (Å²) in [6, 6.07) is 9.27. The van der Waals surface area contributed by atoms with E-state index in [4.69, 9.17) is 76.8 Å². The van der Waals surface area contributed by atoms with Crippen molar-refractivity contribution in [1.29, 1.82) is 0 Å². The second kappa shape index (κ2) is 66.4. The van der Waals surface area contributed by atoms with Crippen molar-refractivity contribution in [2.24, 2.45) is 29.4 Å². The topological polar surface area (TPSA) is 550 Å². The fourth-order valence-corrected chi connectivity index (χ4v) is 17.6. The van der Waals surface area contributed by atoms with Gasteiger partial charge in [0.2, 0.25) is 47.6 Å². The lowest BCUT2D eigenvalue weighted by atomic mass is 9.82. The molecule has 3 aliphatic rings. The Morgan fingerprint density at radius 1 is 0.676 bits per heavy atom. The first kappa shape index (κ1) is 119. The third-order valence-electron chi connectivity index (χ3n) is 24.1. The van der Waals surface area contributed by atoms with Crippen LogP contribution in [0.4, 0.5) is 5.69 Å². The maximum Gasteiger partial charge on any atom is 0.335 e. The molecule has 8 amide bonds. The first-order valence-corrected chi connectivity index (χ1v) is 50.1. The second-order valence-corrected chi connectivity index (χ2v) is 36.9. The Labute approximate surface area is 822 Å². The molecule has 0 bridgehead atoms. The van der Waals surface area contributed by atoms with E-state index in [0.717, 1.165) is 33.6 Å². The summed E-state index contributed by atoms with van der Waals surface area (Å²) in [5, 5.41) is 67.2. The number of ketones is 1. The highest BCUT2D eigenvalue weighted by Gasteiger charge is 2.50. The number of nitrogens with two attached hydrogens (primary N) is 1. The molecule has 3 fully saturated rings. The number of aliphatic hydroxyl groups is 3. The molecule has 784 valence electrons.